The van der Waals surface area contributed by atoms with Crippen molar-refractivity contribution >= 4 is 34.3 Å². The molecule has 0 unspecified atom stereocenters. The van der Waals surface area contributed by atoms with Crippen LogP contribution in [0, 0.1) is 0 Å². The van der Waals surface area contributed by atoms with Gasteiger partial charge in [0.05, 0.1) is 16.6 Å². The molecule has 0 radical (unpaired) electrons. The molecule has 6 nitrogen and oxygen atoms in total. The summed E-state index contributed by atoms with van der Waals surface area (Å²) in [6.07, 6.45) is 5.03. The van der Waals surface area contributed by atoms with E-state index in [1.807, 2.05) is 0 Å². The number of methoxy groups -OCH3 is 1. The van der Waals surface area contributed by atoms with E-state index in [4.69, 9.17) is 25.8 Å². The van der Waals surface area contributed by atoms with Crippen LogP contribution >= 0.6 is 23.4 Å². The first-order chi connectivity index (χ1) is 13.7. The number of halogens is 1. The number of ether oxygens (including phenoxy) is 1. The largest absolute Gasteiger partial charge is 0.385 e. The molecule has 2 aromatic heterocycles. The number of hydrogen-bond acceptors (Lipinski definition) is 6. The number of benzene rings is 1. The molecule has 28 heavy (non-hydrogen) atoms. The van der Waals surface area contributed by atoms with Gasteiger partial charge in [-0.3, -0.25) is 9.36 Å². The second kappa shape index (κ2) is 8.68. The number of rotatable bonds is 7. The molecule has 0 N–H and O–H groups in total. The summed E-state index contributed by atoms with van der Waals surface area (Å²) in [6, 6.07) is 5.20. The summed E-state index contributed by atoms with van der Waals surface area (Å²) in [6.45, 7) is 1.14. The van der Waals surface area contributed by atoms with Crippen LogP contribution in [0.2, 0.25) is 5.02 Å². The van der Waals surface area contributed by atoms with Gasteiger partial charge in [0.25, 0.3) is 5.56 Å². The van der Waals surface area contributed by atoms with Gasteiger partial charge in [-0.2, -0.15) is 0 Å². The van der Waals surface area contributed by atoms with Crippen molar-refractivity contribution in [1.29, 1.82) is 0 Å². The molecule has 2 heterocycles. The first kappa shape index (κ1) is 19.5. The van der Waals surface area contributed by atoms with Gasteiger partial charge in [-0.05, 0) is 43.9 Å². The summed E-state index contributed by atoms with van der Waals surface area (Å²) in [4.78, 5) is 17.8. The molecule has 8 heteroatoms. The summed E-state index contributed by atoms with van der Waals surface area (Å²) in [7, 11) is 1.66. The molecular weight excluding hydrogens is 398 g/mol. The zero-order valence-corrected chi connectivity index (χ0v) is 17.3. The minimum atomic E-state index is -0.0533. The number of nitrogens with zero attached hydrogens (tertiary/aromatic N) is 3. The molecule has 148 valence electrons. The second-order valence-electron chi connectivity index (χ2n) is 6.89. The Morgan fingerprint density at radius 2 is 2.18 bits per heavy atom. The lowest BCUT2D eigenvalue weighted by Crippen LogP contribution is -2.24. The van der Waals surface area contributed by atoms with E-state index in [2.05, 4.69) is 5.16 Å². The van der Waals surface area contributed by atoms with Crippen molar-refractivity contribution < 1.29 is 9.26 Å². The summed E-state index contributed by atoms with van der Waals surface area (Å²) < 4.78 is 12.4. The summed E-state index contributed by atoms with van der Waals surface area (Å²) in [5.41, 5.74) is 2.76. The zero-order valence-electron chi connectivity index (χ0n) is 15.7. The van der Waals surface area contributed by atoms with Crippen LogP contribution in [-0.4, -0.2) is 28.4 Å². The molecule has 0 spiro atoms. The van der Waals surface area contributed by atoms with Gasteiger partial charge in [-0.15, -0.1) is 0 Å². The van der Waals surface area contributed by atoms with Gasteiger partial charge < -0.3 is 9.26 Å². The zero-order chi connectivity index (χ0) is 19.5. The second-order valence-corrected chi connectivity index (χ2v) is 8.26. The lowest BCUT2D eigenvalue weighted by Gasteiger charge is -2.13. The highest BCUT2D eigenvalue weighted by Gasteiger charge is 2.20. The molecular formula is C20H22ClN3O3S. The van der Waals surface area contributed by atoms with Crippen LogP contribution in [0.5, 0.6) is 0 Å². The van der Waals surface area contributed by atoms with Gasteiger partial charge in [-0.1, -0.05) is 28.5 Å². The van der Waals surface area contributed by atoms with Crippen molar-refractivity contribution in [2.24, 2.45) is 0 Å². The third-order valence-electron chi connectivity index (χ3n) is 4.98. The summed E-state index contributed by atoms with van der Waals surface area (Å²) in [5.74, 6) is 1.64. The van der Waals surface area contributed by atoms with Crippen LogP contribution in [0.25, 0.3) is 10.9 Å². The highest BCUT2D eigenvalue weighted by Crippen LogP contribution is 2.29. The SMILES string of the molecule is COCCCn1c(SCc2noc3c2CCCC3)nc2cc(Cl)ccc2c1=O. The van der Waals surface area contributed by atoms with Crippen LogP contribution < -0.4 is 5.56 Å². The predicted octanol–water partition coefficient (Wildman–Crippen LogP) is 4.25. The predicted molar refractivity (Wildman–Crippen MR) is 110 cm³/mol. The Bertz CT molecular complexity index is 1050. The number of hydrogen-bond donors (Lipinski definition) is 0. The molecule has 1 aromatic carbocycles. The monoisotopic (exact) mass is 419 g/mol. The Balaban J connectivity index is 1.66. The van der Waals surface area contributed by atoms with Gasteiger partial charge >= 0.3 is 0 Å². The van der Waals surface area contributed by atoms with Crippen molar-refractivity contribution in [2.45, 2.75) is 49.6 Å². The maximum atomic E-state index is 13.0. The Morgan fingerprint density at radius 1 is 1.32 bits per heavy atom. The van der Waals surface area contributed by atoms with Gasteiger partial charge in [0.15, 0.2) is 5.16 Å². The van der Waals surface area contributed by atoms with E-state index in [9.17, 15) is 4.79 Å². The van der Waals surface area contributed by atoms with Crippen molar-refractivity contribution in [3.05, 3.63) is 50.6 Å². The van der Waals surface area contributed by atoms with E-state index in [-0.39, 0.29) is 5.56 Å². The molecule has 0 atom stereocenters. The lowest BCUT2D eigenvalue weighted by atomic mass is 9.97. The first-order valence-corrected chi connectivity index (χ1v) is 10.8. The maximum absolute atomic E-state index is 13.0. The molecule has 0 bridgehead atoms. The highest BCUT2D eigenvalue weighted by molar-refractivity contribution is 7.98. The Labute approximate surface area is 172 Å². The van der Waals surface area contributed by atoms with E-state index in [1.54, 1.807) is 29.9 Å². The average molecular weight is 420 g/mol. The first-order valence-electron chi connectivity index (χ1n) is 9.45. The minimum absolute atomic E-state index is 0.0533. The molecule has 1 aliphatic carbocycles. The molecule has 4 rings (SSSR count). The molecule has 0 amide bonds. The summed E-state index contributed by atoms with van der Waals surface area (Å²) in [5, 5.41) is 6.08. The van der Waals surface area contributed by atoms with Crippen LogP contribution in [-0.2, 0) is 29.9 Å². The topological polar surface area (TPSA) is 70.2 Å². The number of thioether (sulfide) groups is 1. The van der Waals surface area contributed by atoms with E-state index in [0.717, 1.165) is 37.1 Å². The van der Waals surface area contributed by atoms with E-state index in [0.29, 0.717) is 40.0 Å². The van der Waals surface area contributed by atoms with E-state index < -0.39 is 0 Å². The number of aryl methyl sites for hydroxylation is 1. The van der Waals surface area contributed by atoms with Gasteiger partial charge in [0, 0.05) is 43.0 Å². The van der Waals surface area contributed by atoms with Crippen molar-refractivity contribution in [2.75, 3.05) is 13.7 Å². The standard InChI is InChI=1S/C20H22ClN3O3S/c1-26-10-4-9-24-19(25)15-8-7-13(21)11-16(15)22-20(24)28-12-17-14-5-2-3-6-18(14)27-23-17/h7-8,11H,2-6,9-10,12H2,1H3. The fraction of sp³-hybridized carbons (Fsp3) is 0.450. The van der Waals surface area contributed by atoms with Crippen LogP contribution in [0.15, 0.2) is 32.7 Å². The molecule has 1 aliphatic rings. The Morgan fingerprint density at radius 3 is 3.04 bits per heavy atom. The Hall–Kier alpha value is -1.83. The van der Waals surface area contributed by atoms with E-state index >= 15 is 0 Å². The highest BCUT2D eigenvalue weighted by atomic mass is 35.5. The third kappa shape index (κ3) is 3.97. The van der Waals surface area contributed by atoms with Gasteiger partial charge in [-0.25, -0.2) is 4.98 Å². The van der Waals surface area contributed by atoms with Gasteiger partial charge in [0.2, 0.25) is 0 Å². The Kier molecular flexibility index (Phi) is 6.04. The fourth-order valence-electron chi connectivity index (χ4n) is 3.54. The quantitative estimate of drug-likeness (QED) is 0.324. The number of fused-ring (bicyclic) bond motifs is 2. The van der Waals surface area contributed by atoms with E-state index in [1.165, 1.54) is 23.7 Å². The maximum Gasteiger partial charge on any atom is 0.262 e. The van der Waals surface area contributed by atoms with Gasteiger partial charge in [0.1, 0.15) is 5.76 Å². The van der Waals surface area contributed by atoms with Crippen molar-refractivity contribution in [3.63, 3.8) is 0 Å². The van der Waals surface area contributed by atoms with Crippen LogP contribution in [0.4, 0.5) is 0 Å². The lowest BCUT2D eigenvalue weighted by molar-refractivity contribution is 0.189. The molecule has 0 saturated carbocycles. The molecule has 0 saturated heterocycles. The van der Waals surface area contributed by atoms with Crippen molar-refractivity contribution in [1.82, 2.24) is 14.7 Å². The third-order valence-corrected chi connectivity index (χ3v) is 6.20. The normalized spacial score (nSPS) is 13.8. The minimum Gasteiger partial charge on any atom is -0.385 e. The van der Waals surface area contributed by atoms with Crippen molar-refractivity contribution in [3.8, 4) is 0 Å². The average Bonchev–Trinajstić information content (AvgIpc) is 3.11. The fourth-order valence-corrected chi connectivity index (χ4v) is 4.70. The molecule has 0 aliphatic heterocycles. The van der Waals surface area contributed by atoms with Crippen LogP contribution in [0.3, 0.4) is 0 Å². The molecule has 3 aromatic rings. The summed E-state index contributed by atoms with van der Waals surface area (Å²) >= 11 is 7.62. The smallest absolute Gasteiger partial charge is 0.262 e. The molecule has 0 fully saturated rings. The van der Waals surface area contributed by atoms with Crippen LogP contribution in [0.1, 0.15) is 36.3 Å². The number of aromatic nitrogens is 3.